The zero-order chi connectivity index (χ0) is 9.73. The largest absolute Gasteiger partial charge is 0.367 e. The predicted molar refractivity (Wildman–Crippen MR) is 55.7 cm³/mol. The molecule has 13 heavy (non-hydrogen) atoms. The van der Waals surface area contributed by atoms with Crippen molar-refractivity contribution in [3.63, 3.8) is 0 Å². The lowest BCUT2D eigenvalue weighted by Gasteiger charge is -2.32. The molecule has 0 amide bonds. The van der Waals surface area contributed by atoms with E-state index in [4.69, 9.17) is 4.74 Å². The molecule has 2 heteroatoms. The Bertz CT molecular complexity index is 145. The van der Waals surface area contributed by atoms with Gasteiger partial charge in [0.05, 0.1) is 26.7 Å². The summed E-state index contributed by atoms with van der Waals surface area (Å²) in [4.78, 5) is 0. The van der Waals surface area contributed by atoms with Crippen molar-refractivity contribution in [1.82, 2.24) is 0 Å². The summed E-state index contributed by atoms with van der Waals surface area (Å²) in [5, 5.41) is 0. The minimum Gasteiger partial charge on any atom is -0.367 e. The molecule has 0 aromatic carbocycles. The summed E-state index contributed by atoms with van der Waals surface area (Å²) in [6.45, 7) is 9.34. The van der Waals surface area contributed by atoms with Gasteiger partial charge in [0, 0.05) is 0 Å². The number of hydrogen-bond acceptors (Lipinski definition) is 1. The van der Waals surface area contributed by atoms with E-state index in [1.165, 1.54) is 43.4 Å². The molecule has 0 aromatic heterocycles. The van der Waals surface area contributed by atoms with Crippen molar-refractivity contribution in [1.29, 1.82) is 0 Å². The first-order valence-electron chi connectivity index (χ1n) is 5.65. The summed E-state index contributed by atoms with van der Waals surface area (Å²) in [7, 11) is 2.36. The van der Waals surface area contributed by atoms with E-state index in [2.05, 4.69) is 20.9 Å². The molecule has 2 nitrogen and oxygen atoms in total. The molecule has 0 saturated carbocycles. The first-order valence-corrected chi connectivity index (χ1v) is 5.65. The number of unbranched alkanes of at least 4 members (excludes halogenated alkanes) is 2. The smallest absolute Gasteiger partial charge is 0.130 e. The van der Waals surface area contributed by atoms with Gasteiger partial charge < -0.3 is 9.22 Å². The highest BCUT2D eigenvalue weighted by Gasteiger charge is 2.32. The molecule has 1 heterocycles. The van der Waals surface area contributed by atoms with Gasteiger partial charge in [-0.15, -0.1) is 0 Å². The van der Waals surface area contributed by atoms with Crippen molar-refractivity contribution in [2.75, 3.05) is 33.3 Å². The molecule has 2 atom stereocenters. The Balaban J connectivity index is 2.20. The van der Waals surface area contributed by atoms with Crippen molar-refractivity contribution in [2.24, 2.45) is 0 Å². The monoisotopic (exact) mass is 186 g/mol. The molecule has 0 aliphatic carbocycles. The average molecular weight is 186 g/mol. The highest BCUT2D eigenvalue weighted by molar-refractivity contribution is 4.68. The lowest BCUT2D eigenvalue weighted by atomic mass is 10.2. The maximum atomic E-state index is 5.30. The summed E-state index contributed by atoms with van der Waals surface area (Å²) in [6, 6.07) is 0. The zero-order valence-electron chi connectivity index (χ0n) is 9.38. The average Bonchev–Trinajstić information content (AvgIpc) is 2.89. The molecule has 78 valence electrons. The third kappa shape index (κ3) is 4.10. The molecule has 1 saturated heterocycles. The number of quaternary nitrogens is 1. The molecular weight excluding hydrogens is 162 g/mol. The van der Waals surface area contributed by atoms with Gasteiger partial charge in [0.2, 0.25) is 0 Å². The zero-order valence-corrected chi connectivity index (χ0v) is 9.38. The second kappa shape index (κ2) is 4.97. The highest BCUT2D eigenvalue weighted by Crippen LogP contribution is 2.16. The molecule has 0 radical (unpaired) electrons. The van der Waals surface area contributed by atoms with Crippen LogP contribution in [0.2, 0.25) is 0 Å². The van der Waals surface area contributed by atoms with Gasteiger partial charge in [0.1, 0.15) is 12.6 Å². The number of nitrogens with zero attached hydrogens (tertiary/aromatic N) is 1. The molecular formula is C11H24NO+. The fourth-order valence-electron chi connectivity index (χ4n) is 1.79. The third-order valence-electron chi connectivity index (χ3n) is 3.11. The van der Waals surface area contributed by atoms with E-state index in [1.54, 1.807) is 0 Å². The van der Waals surface area contributed by atoms with Crippen molar-refractivity contribution >= 4 is 0 Å². The van der Waals surface area contributed by atoms with Crippen LogP contribution >= 0.6 is 0 Å². The van der Waals surface area contributed by atoms with Gasteiger partial charge >= 0.3 is 0 Å². The fraction of sp³-hybridized carbons (Fsp3) is 1.00. The van der Waals surface area contributed by atoms with E-state index in [0.29, 0.717) is 6.10 Å². The summed E-state index contributed by atoms with van der Waals surface area (Å²) in [6.07, 6.45) is 4.64. The Kier molecular flexibility index (Phi) is 4.20. The van der Waals surface area contributed by atoms with Gasteiger partial charge in [-0.25, -0.2) is 0 Å². The fourth-order valence-corrected chi connectivity index (χ4v) is 1.79. The molecule has 0 aromatic rings. The topological polar surface area (TPSA) is 12.5 Å². The molecule has 2 unspecified atom stereocenters. The number of hydrogen-bond donors (Lipinski definition) is 0. The van der Waals surface area contributed by atoms with Crippen molar-refractivity contribution in [3.8, 4) is 0 Å². The summed E-state index contributed by atoms with van der Waals surface area (Å²) < 4.78 is 6.50. The molecule has 0 bridgehead atoms. The third-order valence-corrected chi connectivity index (χ3v) is 3.11. The van der Waals surface area contributed by atoms with Crippen LogP contribution in [0.3, 0.4) is 0 Å². The second-order valence-corrected chi connectivity index (χ2v) is 4.50. The van der Waals surface area contributed by atoms with Gasteiger partial charge in [-0.2, -0.15) is 0 Å². The summed E-state index contributed by atoms with van der Waals surface area (Å²) in [5.74, 6) is 0. The second-order valence-electron chi connectivity index (χ2n) is 4.50. The first kappa shape index (κ1) is 11.0. The van der Waals surface area contributed by atoms with Crippen molar-refractivity contribution in [2.45, 2.75) is 39.2 Å². The predicted octanol–water partition coefficient (Wildman–Crippen LogP) is 2.04. The van der Waals surface area contributed by atoms with E-state index < -0.39 is 0 Å². The maximum absolute atomic E-state index is 5.30. The van der Waals surface area contributed by atoms with Crippen LogP contribution in [0.1, 0.15) is 33.1 Å². The number of likely N-dealkylation sites (N-methyl/N-ethyl adjacent to an activating group) is 1. The van der Waals surface area contributed by atoms with Gasteiger partial charge in [0.15, 0.2) is 0 Å². The van der Waals surface area contributed by atoms with Crippen LogP contribution in [0.5, 0.6) is 0 Å². The SMILES string of the molecule is CCCCC[N+](C)(CC)CC1CO1. The first-order chi connectivity index (χ1) is 6.20. The van der Waals surface area contributed by atoms with Gasteiger partial charge in [-0.1, -0.05) is 13.3 Å². The van der Waals surface area contributed by atoms with Crippen LogP contribution in [0, 0.1) is 0 Å². The molecule has 1 fully saturated rings. The number of rotatable bonds is 7. The van der Waals surface area contributed by atoms with Gasteiger partial charge in [-0.3, -0.25) is 0 Å². The Morgan fingerprint density at radius 1 is 1.31 bits per heavy atom. The number of ether oxygens (including phenoxy) is 1. The molecule has 0 spiro atoms. The minimum absolute atomic E-state index is 0.576. The van der Waals surface area contributed by atoms with E-state index in [9.17, 15) is 0 Å². The van der Waals surface area contributed by atoms with Crippen molar-refractivity contribution in [3.05, 3.63) is 0 Å². The lowest BCUT2D eigenvalue weighted by Crippen LogP contribution is -2.47. The van der Waals surface area contributed by atoms with Gasteiger partial charge in [0.25, 0.3) is 0 Å². The van der Waals surface area contributed by atoms with Crippen LogP contribution in [-0.4, -0.2) is 43.9 Å². The summed E-state index contributed by atoms with van der Waals surface area (Å²) in [5.41, 5.74) is 0. The normalized spacial score (nSPS) is 25.6. The van der Waals surface area contributed by atoms with Gasteiger partial charge in [-0.05, 0) is 19.8 Å². The highest BCUT2D eigenvalue weighted by atomic mass is 16.6. The lowest BCUT2D eigenvalue weighted by molar-refractivity contribution is -0.908. The van der Waals surface area contributed by atoms with Crippen LogP contribution in [-0.2, 0) is 4.74 Å². The maximum Gasteiger partial charge on any atom is 0.130 e. The Morgan fingerprint density at radius 2 is 2.00 bits per heavy atom. The van der Waals surface area contributed by atoms with E-state index in [-0.39, 0.29) is 0 Å². The van der Waals surface area contributed by atoms with E-state index >= 15 is 0 Å². The van der Waals surface area contributed by atoms with Crippen LogP contribution in [0.25, 0.3) is 0 Å². The number of epoxide rings is 1. The molecule has 0 N–H and O–H groups in total. The quantitative estimate of drug-likeness (QED) is 0.337. The van der Waals surface area contributed by atoms with Crippen LogP contribution in [0.4, 0.5) is 0 Å². The standard InChI is InChI=1S/C11H24NO/c1-4-6-7-8-12(3,5-2)9-11-10-13-11/h11H,4-10H2,1-3H3/q+1. The molecule has 1 rings (SSSR count). The Morgan fingerprint density at radius 3 is 2.46 bits per heavy atom. The Labute approximate surface area is 82.5 Å². The summed E-state index contributed by atoms with van der Waals surface area (Å²) >= 11 is 0. The van der Waals surface area contributed by atoms with Crippen LogP contribution < -0.4 is 0 Å². The Hall–Kier alpha value is -0.0800. The molecule has 1 aliphatic heterocycles. The molecule has 1 aliphatic rings. The van der Waals surface area contributed by atoms with E-state index in [0.717, 1.165) is 6.61 Å². The van der Waals surface area contributed by atoms with Crippen LogP contribution in [0.15, 0.2) is 0 Å². The minimum atomic E-state index is 0.576. The van der Waals surface area contributed by atoms with E-state index in [1.807, 2.05) is 0 Å². The van der Waals surface area contributed by atoms with Crippen molar-refractivity contribution < 1.29 is 9.22 Å².